The number of nitrogens with zero attached hydrogens (tertiary/aromatic N) is 6. The fraction of sp³-hybridized carbons (Fsp3) is 0.481. The molecule has 1 saturated carbocycles. The first kappa shape index (κ1) is 22.7. The lowest BCUT2D eigenvalue weighted by molar-refractivity contribution is 0.0745. The van der Waals surface area contributed by atoms with Crippen LogP contribution in [0.3, 0.4) is 0 Å². The van der Waals surface area contributed by atoms with Gasteiger partial charge >= 0.3 is 0 Å². The van der Waals surface area contributed by atoms with E-state index < -0.39 is 0 Å². The molecule has 7 heteroatoms. The van der Waals surface area contributed by atoms with E-state index in [2.05, 4.69) is 53.1 Å². The Morgan fingerprint density at radius 1 is 1.00 bits per heavy atom. The van der Waals surface area contributed by atoms with Crippen molar-refractivity contribution in [1.82, 2.24) is 29.5 Å². The van der Waals surface area contributed by atoms with Crippen LogP contribution in [0.2, 0.25) is 0 Å². The Morgan fingerprint density at radius 3 is 2.50 bits per heavy atom. The van der Waals surface area contributed by atoms with Crippen LogP contribution in [0.5, 0.6) is 0 Å². The zero-order valence-corrected chi connectivity index (χ0v) is 20.5. The number of amides is 1. The zero-order chi connectivity index (χ0) is 23.7. The van der Waals surface area contributed by atoms with E-state index >= 15 is 0 Å². The molecule has 0 atom stereocenters. The summed E-state index contributed by atoms with van der Waals surface area (Å²) < 4.78 is 1.82. The van der Waals surface area contributed by atoms with Crippen molar-refractivity contribution in [1.29, 1.82) is 0 Å². The van der Waals surface area contributed by atoms with Crippen molar-refractivity contribution in [3.05, 3.63) is 59.0 Å². The minimum atomic E-state index is 0.0612. The lowest BCUT2D eigenvalue weighted by atomic mass is 9.90. The van der Waals surface area contributed by atoms with Crippen LogP contribution in [0.1, 0.15) is 66.7 Å². The molecule has 2 aliphatic carbocycles. The molecule has 178 valence electrons. The molecule has 1 aromatic carbocycles. The van der Waals surface area contributed by atoms with Crippen molar-refractivity contribution >= 4 is 5.91 Å². The number of rotatable bonds is 9. The highest BCUT2D eigenvalue weighted by Gasteiger charge is 2.35. The Labute approximate surface area is 201 Å². The van der Waals surface area contributed by atoms with Gasteiger partial charge in [0.05, 0.1) is 23.1 Å². The standard InChI is InChI=1S/C27H34N6O/c1-4-31(5-2)15-16-32(6-3)26(34)23-18-29-33(25(23)20-12-13-20)27-28-17-21-14-11-19-9-7-8-10-22(19)24(21)30-27/h7-10,17-18,20H,4-6,11-16H2,1-3H3. The summed E-state index contributed by atoms with van der Waals surface area (Å²) in [6.45, 7) is 10.6. The second-order valence-electron chi connectivity index (χ2n) is 9.24. The number of carbonyl (C=O) groups is 1. The van der Waals surface area contributed by atoms with E-state index in [4.69, 9.17) is 4.98 Å². The Morgan fingerprint density at radius 2 is 1.76 bits per heavy atom. The molecule has 0 radical (unpaired) electrons. The number of benzene rings is 1. The third-order valence-corrected chi connectivity index (χ3v) is 7.23. The van der Waals surface area contributed by atoms with Gasteiger partial charge < -0.3 is 9.80 Å². The second kappa shape index (κ2) is 9.66. The summed E-state index contributed by atoms with van der Waals surface area (Å²) in [7, 11) is 0. The molecule has 1 amide bonds. The Balaban J connectivity index is 1.47. The van der Waals surface area contributed by atoms with Crippen LogP contribution in [-0.2, 0) is 12.8 Å². The van der Waals surface area contributed by atoms with Gasteiger partial charge in [-0.15, -0.1) is 0 Å². The molecule has 0 bridgehead atoms. The maximum atomic E-state index is 13.6. The Kier molecular flexibility index (Phi) is 6.46. The van der Waals surface area contributed by atoms with Crippen LogP contribution < -0.4 is 0 Å². The van der Waals surface area contributed by atoms with Gasteiger partial charge in [-0.1, -0.05) is 38.1 Å². The van der Waals surface area contributed by atoms with Crippen LogP contribution in [-0.4, -0.2) is 68.2 Å². The number of fused-ring (bicyclic) bond motifs is 3. The average molecular weight is 459 g/mol. The Hall–Kier alpha value is -3.06. The van der Waals surface area contributed by atoms with Gasteiger partial charge in [0.1, 0.15) is 0 Å². The van der Waals surface area contributed by atoms with Crippen molar-refractivity contribution in [3.63, 3.8) is 0 Å². The van der Waals surface area contributed by atoms with Crippen LogP contribution in [0.25, 0.3) is 17.2 Å². The zero-order valence-electron chi connectivity index (χ0n) is 20.5. The topological polar surface area (TPSA) is 67.2 Å². The quantitative estimate of drug-likeness (QED) is 0.483. The van der Waals surface area contributed by atoms with Crippen molar-refractivity contribution < 1.29 is 4.79 Å². The summed E-state index contributed by atoms with van der Waals surface area (Å²) in [5.41, 5.74) is 6.34. The maximum Gasteiger partial charge on any atom is 0.257 e. The lowest BCUT2D eigenvalue weighted by Crippen LogP contribution is -2.38. The van der Waals surface area contributed by atoms with Crippen LogP contribution in [0.4, 0.5) is 0 Å². The van der Waals surface area contributed by atoms with Crippen molar-refractivity contribution in [2.24, 2.45) is 0 Å². The van der Waals surface area contributed by atoms with Gasteiger partial charge in [0.2, 0.25) is 0 Å². The molecule has 0 spiro atoms. The summed E-state index contributed by atoms with van der Waals surface area (Å²) >= 11 is 0. The second-order valence-corrected chi connectivity index (χ2v) is 9.24. The molecule has 0 unspecified atom stereocenters. The highest BCUT2D eigenvalue weighted by atomic mass is 16.2. The number of hydrogen-bond acceptors (Lipinski definition) is 5. The van der Waals surface area contributed by atoms with Crippen LogP contribution in [0, 0.1) is 0 Å². The van der Waals surface area contributed by atoms with E-state index in [1.165, 1.54) is 16.7 Å². The third kappa shape index (κ3) is 4.25. The van der Waals surface area contributed by atoms with Crippen molar-refractivity contribution in [3.8, 4) is 17.2 Å². The van der Waals surface area contributed by atoms with E-state index in [1.807, 2.05) is 22.7 Å². The molecular weight excluding hydrogens is 424 g/mol. The fourth-order valence-corrected chi connectivity index (χ4v) is 4.96. The molecule has 3 aromatic rings. The third-order valence-electron chi connectivity index (χ3n) is 7.23. The van der Waals surface area contributed by atoms with Crippen LogP contribution >= 0.6 is 0 Å². The SMILES string of the molecule is CCN(CC)CCN(CC)C(=O)c1cnn(-c2ncc3c(n2)-c2ccccc2CC3)c1C1CC1. The first-order valence-corrected chi connectivity index (χ1v) is 12.7. The molecule has 5 rings (SSSR count). The highest BCUT2D eigenvalue weighted by Crippen LogP contribution is 2.42. The Bertz CT molecular complexity index is 1180. The van der Waals surface area contributed by atoms with Gasteiger partial charge in [-0.2, -0.15) is 5.10 Å². The lowest BCUT2D eigenvalue weighted by Gasteiger charge is -2.25. The molecule has 0 N–H and O–H groups in total. The summed E-state index contributed by atoms with van der Waals surface area (Å²) in [6, 6.07) is 8.46. The normalized spacial score (nSPS) is 14.7. The van der Waals surface area contributed by atoms with E-state index in [-0.39, 0.29) is 5.91 Å². The monoisotopic (exact) mass is 458 g/mol. The van der Waals surface area contributed by atoms with E-state index in [1.54, 1.807) is 6.20 Å². The van der Waals surface area contributed by atoms with Gasteiger partial charge in [-0.05, 0) is 56.8 Å². The van der Waals surface area contributed by atoms with Crippen molar-refractivity contribution in [2.75, 3.05) is 32.7 Å². The van der Waals surface area contributed by atoms with Gasteiger partial charge in [0, 0.05) is 37.3 Å². The highest BCUT2D eigenvalue weighted by molar-refractivity contribution is 5.95. The molecule has 1 fully saturated rings. The van der Waals surface area contributed by atoms with Gasteiger partial charge in [-0.3, -0.25) is 4.79 Å². The number of aromatic nitrogens is 4. The van der Waals surface area contributed by atoms with Crippen molar-refractivity contribution in [2.45, 2.75) is 52.4 Å². The number of carbonyl (C=O) groups excluding carboxylic acids is 1. The molecule has 0 aliphatic heterocycles. The molecular formula is C27H34N6O. The number of likely N-dealkylation sites (N-methyl/N-ethyl adjacent to an activating group) is 2. The summed E-state index contributed by atoms with van der Waals surface area (Å²) in [5, 5.41) is 4.65. The summed E-state index contributed by atoms with van der Waals surface area (Å²) in [4.78, 5) is 27.5. The maximum absolute atomic E-state index is 13.6. The molecule has 2 aromatic heterocycles. The summed E-state index contributed by atoms with van der Waals surface area (Å²) in [5.74, 6) is 0.962. The fourth-order valence-electron chi connectivity index (χ4n) is 4.96. The molecule has 7 nitrogen and oxygen atoms in total. The number of hydrogen-bond donors (Lipinski definition) is 0. The van der Waals surface area contributed by atoms with Gasteiger partial charge in [0.25, 0.3) is 11.9 Å². The van der Waals surface area contributed by atoms with Gasteiger partial charge in [0.15, 0.2) is 0 Å². The first-order valence-electron chi connectivity index (χ1n) is 12.7. The molecule has 34 heavy (non-hydrogen) atoms. The van der Waals surface area contributed by atoms with E-state index in [0.29, 0.717) is 24.0 Å². The number of aryl methyl sites for hydroxylation is 2. The average Bonchev–Trinajstić information content (AvgIpc) is 3.63. The predicted octanol–water partition coefficient (Wildman–Crippen LogP) is 4.11. The van der Waals surface area contributed by atoms with E-state index in [0.717, 1.165) is 63.3 Å². The van der Waals surface area contributed by atoms with Crippen LogP contribution in [0.15, 0.2) is 36.7 Å². The smallest absolute Gasteiger partial charge is 0.257 e. The molecule has 2 heterocycles. The summed E-state index contributed by atoms with van der Waals surface area (Å²) in [6.07, 6.45) is 7.78. The molecule has 2 aliphatic rings. The minimum absolute atomic E-state index is 0.0612. The van der Waals surface area contributed by atoms with E-state index in [9.17, 15) is 4.79 Å². The molecule has 0 saturated heterocycles. The predicted molar refractivity (Wildman–Crippen MR) is 133 cm³/mol. The van der Waals surface area contributed by atoms with Gasteiger partial charge in [-0.25, -0.2) is 14.6 Å². The first-order chi connectivity index (χ1) is 16.6. The largest absolute Gasteiger partial charge is 0.338 e. The minimum Gasteiger partial charge on any atom is -0.338 e.